The maximum absolute atomic E-state index is 13.2. The largest absolute Gasteiger partial charge is 0.355 e. The van der Waals surface area contributed by atoms with Gasteiger partial charge >= 0.3 is 0 Å². The summed E-state index contributed by atoms with van der Waals surface area (Å²) < 4.78 is 31.2. The minimum Gasteiger partial charge on any atom is -0.355 e. The quantitative estimate of drug-likeness (QED) is 0.851. The normalized spacial score (nSPS) is 11.0. The van der Waals surface area contributed by atoms with Crippen molar-refractivity contribution in [1.82, 2.24) is 15.4 Å². The number of carbonyl (C=O) groups is 1. The summed E-state index contributed by atoms with van der Waals surface area (Å²) in [7, 11) is 0. The van der Waals surface area contributed by atoms with Crippen LogP contribution < -0.4 is 5.32 Å². The number of hydrogen-bond donors (Lipinski definition) is 1. The molecule has 0 aliphatic heterocycles. The summed E-state index contributed by atoms with van der Waals surface area (Å²) in [6.45, 7) is 7.17. The Balaban J connectivity index is 1.98. The summed E-state index contributed by atoms with van der Waals surface area (Å²) in [5.74, 6) is -2.08. The summed E-state index contributed by atoms with van der Waals surface area (Å²) in [5.41, 5.74) is 0.419. The van der Waals surface area contributed by atoms with E-state index in [-0.39, 0.29) is 17.4 Å². The van der Waals surface area contributed by atoms with Gasteiger partial charge < -0.3 is 14.7 Å². The van der Waals surface area contributed by atoms with Crippen molar-refractivity contribution in [1.29, 1.82) is 0 Å². The van der Waals surface area contributed by atoms with Crippen molar-refractivity contribution >= 4 is 5.91 Å². The van der Waals surface area contributed by atoms with E-state index in [0.717, 1.165) is 31.8 Å². The highest BCUT2D eigenvalue weighted by Crippen LogP contribution is 2.22. The van der Waals surface area contributed by atoms with Crippen molar-refractivity contribution in [3.8, 4) is 11.3 Å². The van der Waals surface area contributed by atoms with Crippen LogP contribution in [0.5, 0.6) is 0 Å². The lowest BCUT2D eigenvalue weighted by atomic mass is 10.1. The van der Waals surface area contributed by atoms with Gasteiger partial charge in [-0.25, -0.2) is 8.78 Å². The molecular formula is C16H19F2N3O2. The Hall–Kier alpha value is -2.28. The van der Waals surface area contributed by atoms with E-state index in [1.54, 1.807) is 0 Å². The number of amides is 1. The van der Waals surface area contributed by atoms with Gasteiger partial charge in [0.1, 0.15) is 0 Å². The van der Waals surface area contributed by atoms with Crippen LogP contribution in [-0.2, 0) is 0 Å². The number of aromatic nitrogens is 1. The van der Waals surface area contributed by atoms with Gasteiger partial charge in [0.2, 0.25) is 0 Å². The lowest BCUT2D eigenvalue weighted by Crippen LogP contribution is -2.34. The molecular weight excluding hydrogens is 304 g/mol. The molecule has 0 fully saturated rings. The molecule has 124 valence electrons. The SMILES string of the molecule is CCN(CC)CCNC(=O)c1cc(-c2ccc(F)c(F)c2)on1. The molecule has 23 heavy (non-hydrogen) atoms. The second-order valence-electron chi connectivity index (χ2n) is 4.99. The van der Waals surface area contributed by atoms with Crippen molar-refractivity contribution in [3.63, 3.8) is 0 Å². The Kier molecular flexibility index (Phi) is 5.81. The molecule has 1 aromatic carbocycles. The van der Waals surface area contributed by atoms with Crippen LogP contribution in [0.4, 0.5) is 8.78 Å². The molecule has 0 atom stereocenters. The van der Waals surface area contributed by atoms with Crippen LogP contribution in [0.1, 0.15) is 24.3 Å². The molecule has 1 amide bonds. The Bertz CT molecular complexity index is 669. The van der Waals surface area contributed by atoms with E-state index in [0.29, 0.717) is 12.1 Å². The first kappa shape index (κ1) is 17.1. The van der Waals surface area contributed by atoms with Gasteiger partial charge in [0.05, 0.1) is 0 Å². The van der Waals surface area contributed by atoms with Gasteiger partial charge in [-0.05, 0) is 31.3 Å². The smallest absolute Gasteiger partial charge is 0.273 e. The van der Waals surface area contributed by atoms with Gasteiger partial charge in [-0.3, -0.25) is 4.79 Å². The first-order valence-corrected chi connectivity index (χ1v) is 7.47. The highest BCUT2D eigenvalue weighted by atomic mass is 19.2. The van der Waals surface area contributed by atoms with Gasteiger partial charge in [0, 0.05) is 24.7 Å². The number of benzene rings is 1. The fraction of sp³-hybridized carbons (Fsp3) is 0.375. The number of carbonyl (C=O) groups excluding carboxylic acids is 1. The van der Waals surface area contributed by atoms with Crippen molar-refractivity contribution in [2.45, 2.75) is 13.8 Å². The highest BCUT2D eigenvalue weighted by molar-refractivity contribution is 5.93. The molecule has 7 heteroatoms. The molecule has 2 aromatic rings. The van der Waals surface area contributed by atoms with Gasteiger partial charge in [-0.2, -0.15) is 0 Å². The predicted octanol–water partition coefficient (Wildman–Crippen LogP) is 2.69. The van der Waals surface area contributed by atoms with Gasteiger partial charge in [0.25, 0.3) is 5.91 Å². The highest BCUT2D eigenvalue weighted by Gasteiger charge is 2.15. The fourth-order valence-corrected chi connectivity index (χ4v) is 2.13. The van der Waals surface area contributed by atoms with E-state index in [1.165, 1.54) is 12.1 Å². The van der Waals surface area contributed by atoms with Crippen LogP contribution in [0.2, 0.25) is 0 Å². The molecule has 0 radical (unpaired) electrons. The Morgan fingerprint density at radius 2 is 1.96 bits per heavy atom. The number of nitrogens with zero attached hydrogens (tertiary/aromatic N) is 2. The Morgan fingerprint density at radius 3 is 2.61 bits per heavy atom. The molecule has 1 N–H and O–H groups in total. The molecule has 1 heterocycles. The number of halogens is 2. The summed E-state index contributed by atoms with van der Waals surface area (Å²) >= 11 is 0. The number of nitrogens with one attached hydrogen (secondary N) is 1. The lowest BCUT2D eigenvalue weighted by molar-refractivity contribution is 0.0940. The van der Waals surface area contributed by atoms with Crippen LogP contribution in [0.15, 0.2) is 28.8 Å². The number of rotatable bonds is 7. The minimum absolute atomic E-state index is 0.101. The van der Waals surface area contributed by atoms with E-state index >= 15 is 0 Å². The van der Waals surface area contributed by atoms with E-state index in [1.807, 2.05) is 0 Å². The van der Waals surface area contributed by atoms with Crippen LogP contribution >= 0.6 is 0 Å². The summed E-state index contributed by atoms with van der Waals surface area (Å²) in [6, 6.07) is 4.76. The van der Waals surface area contributed by atoms with E-state index in [2.05, 4.69) is 29.2 Å². The molecule has 0 saturated carbocycles. The molecule has 0 saturated heterocycles. The van der Waals surface area contributed by atoms with E-state index in [4.69, 9.17) is 4.52 Å². The minimum atomic E-state index is -0.982. The van der Waals surface area contributed by atoms with Crippen molar-refractivity contribution in [3.05, 3.63) is 41.6 Å². The third-order valence-corrected chi connectivity index (χ3v) is 3.55. The first-order chi connectivity index (χ1) is 11.0. The van der Waals surface area contributed by atoms with Crippen molar-refractivity contribution < 1.29 is 18.1 Å². The Labute approximate surface area is 133 Å². The summed E-state index contributed by atoms with van der Waals surface area (Å²) in [6.07, 6.45) is 0. The summed E-state index contributed by atoms with van der Waals surface area (Å²) in [5, 5.41) is 6.41. The lowest BCUT2D eigenvalue weighted by Gasteiger charge is -2.17. The first-order valence-electron chi connectivity index (χ1n) is 7.47. The van der Waals surface area contributed by atoms with Crippen molar-refractivity contribution in [2.75, 3.05) is 26.2 Å². The molecule has 2 rings (SSSR count). The van der Waals surface area contributed by atoms with Gasteiger partial charge in [-0.15, -0.1) is 0 Å². The predicted molar refractivity (Wildman–Crippen MR) is 82.0 cm³/mol. The standard InChI is InChI=1S/C16H19F2N3O2/c1-3-21(4-2)8-7-19-16(22)14-10-15(23-20-14)11-5-6-12(17)13(18)9-11/h5-6,9-10H,3-4,7-8H2,1-2H3,(H,19,22). The third-order valence-electron chi connectivity index (χ3n) is 3.55. The monoisotopic (exact) mass is 323 g/mol. The Morgan fingerprint density at radius 1 is 1.22 bits per heavy atom. The fourth-order valence-electron chi connectivity index (χ4n) is 2.13. The van der Waals surface area contributed by atoms with E-state index in [9.17, 15) is 13.6 Å². The van der Waals surface area contributed by atoms with Gasteiger partial charge in [0.15, 0.2) is 23.1 Å². The third kappa shape index (κ3) is 4.35. The zero-order valence-electron chi connectivity index (χ0n) is 13.1. The molecule has 0 bridgehead atoms. The van der Waals surface area contributed by atoms with Crippen LogP contribution in [0, 0.1) is 11.6 Å². The van der Waals surface area contributed by atoms with Crippen molar-refractivity contribution in [2.24, 2.45) is 0 Å². The second kappa shape index (κ2) is 7.82. The molecule has 0 aliphatic rings. The van der Waals surface area contributed by atoms with E-state index < -0.39 is 11.6 Å². The zero-order chi connectivity index (χ0) is 16.8. The molecule has 1 aromatic heterocycles. The average Bonchev–Trinajstić information content (AvgIpc) is 3.04. The molecule has 5 nitrogen and oxygen atoms in total. The van der Waals surface area contributed by atoms with Crippen LogP contribution in [-0.4, -0.2) is 42.1 Å². The number of hydrogen-bond acceptors (Lipinski definition) is 4. The number of likely N-dealkylation sites (N-methyl/N-ethyl adjacent to an activating group) is 1. The van der Waals surface area contributed by atoms with Crippen LogP contribution in [0.3, 0.4) is 0 Å². The van der Waals surface area contributed by atoms with Crippen LogP contribution in [0.25, 0.3) is 11.3 Å². The average molecular weight is 323 g/mol. The second-order valence-corrected chi connectivity index (χ2v) is 4.99. The summed E-state index contributed by atoms with van der Waals surface area (Å²) in [4.78, 5) is 14.2. The molecule has 0 aliphatic carbocycles. The maximum atomic E-state index is 13.2. The zero-order valence-corrected chi connectivity index (χ0v) is 13.1. The van der Waals surface area contributed by atoms with Gasteiger partial charge in [-0.1, -0.05) is 19.0 Å². The molecule has 0 spiro atoms. The maximum Gasteiger partial charge on any atom is 0.273 e. The topological polar surface area (TPSA) is 58.4 Å². The molecule has 0 unspecified atom stereocenters.